The summed E-state index contributed by atoms with van der Waals surface area (Å²) in [7, 11) is 3.11. The molecule has 1 fully saturated rings. The Labute approximate surface area is 144 Å². The van der Waals surface area contributed by atoms with Crippen LogP contribution in [0.15, 0.2) is 29.3 Å². The third kappa shape index (κ3) is 6.20. The van der Waals surface area contributed by atoms with E-state index in [-0.39, 0.29) is 5.97 Å². The molecule has 2 rings (SSSR count). The number of nitrogens with one attached hydrogen (secondary N) is 2. The van der Waals surface area contributed by atoms with Crippen LogP contribution in [0.2, 0.25) is 0 Å². The van der Waals surface area contributed by atoms with Crippen LogP contribution in [0.4, 0.5) is 0 Å². The van der Waals surface area contributed by atoms with E-state index in [4.69, 9.17) is 0 Å². The summed E-state index contributed by atoms with van der Waals surface area (Å²) in [6.45, 7) is 4.68. The molecule has 0 aliphatic carbocycles. The van der Waals surface area contributed by atoms with Crippen molar-refractivity contribution in [2.24, 2.45) is 4.99 Å². The highest BCUT2D eigenvalue weighted by molar-refractivity contribution is 5.80. The Morgan fingerprint density at radius 1 is 1.17 bits per heavy atom. The molecule has 0 radical (unpaired) electrons. The van der Waals surface area contributed by atoms with Crippen molar-refractivity contribution in [2.45, 2.75) is 32.4 Å². The molecule has 1 aliphatic rings. The Balaban J connectivity index is 1.72. The van der Waals surface area contributed by atoms with Crippen molar-refractivity contribution in [2.75, 3.05) is 33.8 Å². The number of nitrogens with zero attached hydrogens (tertiary/aromatic N) is 2. The van der Waals surface area contributed by atoms with E-state index >= 15 is 0 Å². The second kappa shape index (κ2) is 9.93. The molecule has 0 spiro atoms. The lowest BCUT2D eigenvalue weighted by Crippen LogP contribution is -2.37. The van der Waals surface area contributed by atoms with Crippen molar-refractivity contribution < 1.29 is 9.53 Å². The highest BCUT2D eigenvalue weighted by atomic mass is 16.5. The summed E-state index contributed by atoms with van der Waals surface area (Å²) >= 11 is 0. The van der Waals surface area contributed by atoms with Gasteiger partial charge in [0.1, 0.15) is 0 Å². The number of benzene rings is 1. The maximum absolute atomic E-state index is 11.1. The van der Waals surface area contributed by atoms with Gasteiger partial charge in [-0.2, -0.15) is 0 Å². The van der Waals surface area contributed by atoms with Gasteiger partial charge in [-0.1, -0.05) is 24.3 Å². The quantitative estimate of drug-likeness (QED) is 0.450. The first kappa shape index (κ1) is 18.3. The van der Waals surface area contributed by atoms with Gasteiger partial charge in [0.15, 0.2) is 5.96 Å². The Bertz CT molecular complexity index is 536. The van der Waals surface area contributed by atoms with E-state index in [1.54, 1.807) is 7.05 Å². The van der Waals surface area contributed by atoms with Gasteiger partial charge in [0, 0.05) is 26.7 Å². The maximum Gasteiger partial charge on any atom is 0.307 e. The summed E-state index contributed by atoms with van der Waals surface area (Å²) in [5.74, 6) is 0.451. The number of hydrogen-bond acceptors (Lipinski definition) is 4. The van der Waals surface area contributed by atoms with E-state index in [1.165, 1.54) is 44.2 Å². The maximum atomic E-state index is 11.1. The number of ether oxygens (including phenoxy) is 1. The molecule has 1 heterocycles. The number of hydrogen-bond donors (Lipinski definition) is 2. The van der Waals surface area contributed by atoms with Crippen molar-refractivity contribution in [3.63, 3.8) is 0 Å². The summed E-state index contributed by atoms with van der Waals surface area (Å²) < 4.78 is 4.61. The minimum absolute atomic E-state index is 0.230. The number of esters is 1. The van der Waals surface area contributed by atoms with Gasteiger partial charge >= 0.3 is 5.97 Å². The van der Waals surface area contributed by atoms with E-state index in [9.17, 15) is 4.79 Å². The molecule has 0 unspecified atom stereocenters. The Hall–Kier alpha value is -2.08. The normalized spacial score (nSPS) is 15.3. The van der Waals surface area contributed by atoms with Crippen molar-refractivity contribution >= 4 is 11.9 Å². The summed E-state index contributed by atoms with van der Waals surface area (Å²) in [4.78, 5) is 17.7. The molecular weight excluding hydrogens is 304 g/mol. The molecule has 1 aromatic rings. The number of methoxy groups -OCH3 is 1. The van der Waals surface area contributed by atoms with Crippen LogP contribution >= 0.6 is 0 Å². The lowest BCUT2D eigenvalue weighted by molar-refractivity contribution is -0.140. The van der Waals surface area contributed by atoms with Gasteiger partial charge < -0.3 is 15.4 Å². The summed E-state index contributed by atoms with van der Waals surface area (Å²) in [5.41, 5.74) is 2.57. The second-order valence-corrected chi connectivity index (χ2v) is 5.98. The SMILES string of the molecule is CN=C(NCCC(=O)OC)NCc1ccc(CN2CCCC2)cc1. The molecule has 24 heavy (non-hydrogen) atoms. The molecule has 6 nitrogen and oxygen atoms in total. The molecule has 1 saturated heterocycles. The molecule has 6 heteroatoms. The second-order valence-electron chi connectivity index (χ2n) is 5.98. The molecule has 0 bridgehead atoms. The first-order chi connectivity index (χ1) is 11.7. The van der Waals surface area contributed by atoms with Crippen LogP contribution in [-0.4, -0.2) is 50.6 Å². The predicted molar refractivity (Wildman–Crippen MR) is 95.8 cm³/mol. The Morgan fingerprint density at radius 2 is 1.83 bits per heavy atom. The molecule has 132 valence electrons. The average molecular weight is 332 g/mol. The van der Waals surface area contributed by atoms with E-state index in [0.717, 1.165) is 6.54 Å². The van der Waals surface area contributed by atoms with Crippen molar-refractivity contribution in [3.8, 4) is 0 Å². The largest absolute Gasteiger partial charge is 0.469 e. The highest BCUT2D eigenvalue weighted by Crippen LogP contribution is 2.13. The molecule has 2 N–H and O–H groups in total. The van der Waals surface area contributed by atoms with Crippen LogP contribution in [0.5, 0.6) is 0 Å². The summed E-state index contributed by atoms with van der Waals surface area (Å²) in [6.07, 6.45) is 2.97. The third-order valence-electron chi connectivity index (χ3n) is 4.16. The fraction of sp³-hybridized carbons (Fsp3) is 0.556. The smallest absolute Gasteiger partial charge is 0.307 e. The highest BCUT2D eigenvalue weighted by Gasteiger charge is 2.11. The minimum Gasteiger partial charge on any atom is -0.469 e. The van der Waals surface area contributed by atoms with Crippen LogP contribution < -0.4 is 10.6 Å². The lowest BCUT2D eigenvalue weighted by Gasteiger charge is -2.15. The Kier molecular flexibility index (Phi) is 7.55. The number of carbonyl (C=O) groups excluding carboxylic acids is 1. The fourth-order valence-corrected chi connectivity index (χ4v) is 2.75. The summed E-state index contributed by atoms with van der Waals surface area (Å²) in [6, 6.07) is 8.70. The zero-order valence-corrected chi connectivity index (χ0v) is 14.7. The van der Waals surface area contributed by atoms with Crippen molar-refractivity contribution in [3.05, 3.63) is 35.4 Å². The number of rotatable bonds is 7. The van der Waals surface area contributed by atoms with Crippen LogP contribution in [0, 0.1) is 0 Å². The first-order valence-electron chi connectivity index (χ1n) is 8.53. The zero-order chi connectivity index (χ0) is 17.2. The van der Waals surface area contributed by atoms with Crippen molar-refractivity contribution in [1.82, 2.24) is 15.5 Å². The van der Waals surface area contributed by atoms with Crippen LogP contribution in [0.25, 0.3) is 0 Å². The monoisotopic (exact) mass is 332 g/mol. The predicted octanol–water partition coefficient (Wildman–Crippen LogP) is 1.51. The lowest BCUT2D eigenvalue weighted by atomic mass is 10.1. The van der Waals surface area contributed by atoms with Crippen LogP contribution in [0.3, 0.4) is 0 Å². The fourth-order valence-electron chi connectivity index (χ4n) is 2.75. The van der Waals surface area contributed by atoms with E-state index in [2.05, 4.69) is 49.5 Å². The van der Waals surface area contributed by atoms with Gasteiger partial charge in [-0.05, 0) is 37.1 Å². The molecule has 0 saturated carbocycles. The number of likely N-dealkylation sites (tertiary alicyclic amines) is 1. The molecule has 1 aliphatic heterocycles. The molecule has 1 aromatic carbocycles. The topological polar surface area (TPSA) is 66.0 Å². The van der Waals surface area contributed by atoms with Gasteiger partial charge in [-0.15, -0.1) is 0 Å². The van der Waals surface area contributed by atoms with Gasteiger partial charge in [-0.3, -0.25) is 14.7 Å². The Morgan fingerprint density at radius 3 is 2.46 bits per heavy atom. The molecular formula is C18H28N4O2. The number of carbonyl (C=O) groups is 1. The molecule has 0 atom stereocenters. The van der Waals surface area contributed by atoms with Crippen LogP contribution in [0.1, 0.15) is 30.4 Å². The van der Waals surface area contributed by atoms with Crippen molar-refractivity contribution in [1.29, 1.82) is 0 Å². The molecule has 0 amide bonds. The van der Waals surface area contributed by atoms with E-state index in [0.29, 0.717) is 25.5 Å². The van der Waals surface area contributed by atoms with Gasteiger partial charge in [-0.25, -0.2) is 0 Å². The standard InChI is InChI=1S/C18H28N4O2/c1-19-18(20-10-9-17(23)24-2)21-13-15-5-7-16(8-6-15)14-22-11-3-4-12-22/h5-8H,3-4,9-14H2,1-2H3,(H2,19,20,21). The summed E-state index contributed by atoms with van der Waals surface area (Å²) in [5, 5.41) is 6.34. The van der Waals surface area contributed by atoms with Gasteiger partial charge in [0.2, 0.25) is 0 Å². The zero-order valence-electron chi connectivity index (χ0n) is 14.7. The van der Waals surface area contributed by atoms with E-state index < -0.39 is 0 Å². The van der Waals surface area contributed by atoms with Gasteiger partial charge in [0.05, 0.1) is 13.5 Å². The molecule has 0 aromatic heterocycles. The third-order valence-corrected chi connectivity index (χ3v) is 4.16. The van der Waals surface area contributed by atoms with Gasteiger partial charge in [0.25, 0.3) is 0 Å². The van der Waals surface area contributed by atoms with Crippen LogP contribution in [-0.2, 0) is 22.6 Å². The number of aliphatic imine (C=N–C) groups is 1. The number of guanidine groups is 1. The first-order valence-corrected chi connectivity index (χ1v) is 8.53. The average Bonchev–Trinajstić information content (AvgIpc) is 3.12. The van der Waals surface area contributed by atoms with E-state index in [1.807, 2.05) is 0 Å². The minimum atomic E-state index is -0.230.